The Bertz CT molecular complexity index is 1110. The van der Waals surface area contributed by atoms with Crippen molar-refractivity contribution in [1.29, 1.82) is 5.26 Å². The number of nitriles is 1. The number of rotatable bonds is 7. The smallest absolute Gasteiger partial charge is 0.388 e. The van der Waals surface area contributed by atoms with Crippen molar-refractivity contribution in [2.45, 2.75) is 44.2 Å². The number of ether oxygens (including phenoxy) is 1. The van der Waals surface area contributed by atoms with Crippen molar-refractivity contribution >= 4 is 45.3 Å². The van der Waals surface area contributed by atoms with Crippen LogP contribution < -0.4 is 15.4 Å². The normalized spacial score (nSPS) is 18.2. The van der Waals surface area contributed by atoms with Gasteiger partial charge >= 0.3 is 6.09 Å². The van der Waals surface area contributed by atoms with Gasteiger partial charge in [-0.25, -0.2) is 4.79 Å². The summed E-state index contributed by atoms with van der Waals surface area (Å²) >= 11 is 9.35. The number of aromatic amines is 1. The van der Waals surface area contributed by atoms with E-state index in [1.54, 1.807) is 24.3 Å². The molecule has 4 rings (SSSR count). The summed E-state index contributed by atoms with van der Waals surface area (Å²) in [4.78, 5) is 29.6. The molecule has 0 aliphatic carbocycles. The first-order valence-corrected chi connectivity index (χ1v) is 13.3. The van der Waals surface area contributed by atoms with E-state index in [1.807, 2.05) is 0 Å². The van der Waals surface area contributed by atoms with Gasteiger partial charge in [-0.3, -0.25) is 14.8 Å². The monoisotopic (exact) mass is 577 g/mol. The first-order chi connectivity index (χ1) is 17.5. The van der Waals surface area contributed by atoms with E-state index in [-0.39, 0.29) is 22.7 Å². The number of carbonyl (C=O) groups excluding carboxylic acids is 2. The predicted octanol–water partition coefficient (Wildman–Crippen LogP) is 4.01. The molecule has 2 aromatic rings. The molecule has 2 aliphatic rings. The Morgan fingerprint density at radius 2 is 1.94 bits per heavy atom. The molecule has 2 amide bonds. The second-order valence-electron chi connectivity index (χ2n) is 8.93. The fraction of sp³-hybridized carbons (Fsp3) is 0.500. The summed E-state index contributed by atoms with van der Waals surface area (Å²) < 4.78 is 5.54. The Morgan fingerprint density at radius 3 is 2.64 bits per heavy atom. The number of likely N-dealkylation sites (tertiary alicyclic amines) is 2. The van der Waals surface area contributed by atoms with Gasteiger partial charge in [-0.1, -0.05) is 30.2 Å². The highest BCUT2D eigenvalue weighted by Gasteiger charge is 2.29. The summed E-state index contributed by atoms with van der Waals surface area (Å²) in [5.74, 6) is -0.270. The second kappa shape index (κ2) is 12.5. The highest BCUT2D eigenvalue weighted by molar-refractivity contribution is 9.10. The third-order valence-corrected chi connectivity index (χ3v) is 7.72. The van der Waals surface area contributed by atoms with E-state index in [0.717, 1.165) is 25.9 Å². The topological polar surface area (TPSA) is 126 Å². The van der Waals surface area contributed by atoms with Gasteiger partial charge in [0.15, 0.2) is 0 Å². The molecule has 1 unspecified atom stereocenters. The van der Waals surface area contributed by atoms with Crippen LogP contribution in [0.1, 0.15) is 42.5 Å². The Morgan fingerprint density at radius 1 is 1.22 bits per heavy atom. The Balaban J connectivity index is 1.24. The molecule has 1 atom stereocenters. The van der Waals surface area contributed by atoms with Crippen LogP contribution in [0.25, 0.3) is 0 Å². The van der Waals surface area contributed by atoms with Crippen LogP contribution in [0.4, 0.5) is 10.6 Å². The number of piperidine rings is 2. The number of amides is 2. The van der Waals surface area contributed by atoms with E-state index < -0.39 is 18.0 Å². The lowest BCUT2D eigenvalue weighted by atomic mass is 9.99. The lowest BCUT2D eigenvalue weighted by molar-refractivity contribution is 0.0824. The second-order valence-corrected chi connectivity index (χ2v) is 10.1. The van der Waals surface area contributed by atoms with Crippen LogP contribution in [-0.2, 0) is 0 Å². The molecule has 3 N–H and O–H groups in total. The molecule has 1 aromatic heterocycles. The molecule has 10 nitrogen and oxygen atoms in total. The molecule has 0 bridgehead atoms. The first kappa shape index (κ1) is 26.4. The molecule has 1 aromatic carbocycles. The molecule has 2 fully saturated rings. The van der Waals surface area contributed by atoms with Crippen molar-refractivity contribution in [3.05, 3.63) is 39.3 Å². The molecule has 12 heteroatoms. The highest BCUT2D eigenvalue weighted by Crippen LogP contribution is 2.30. The number of hydrogen-bond acceptors (Lipinski definition) is 7. The molecule has 2 saturated heterocycles. The summed E-state index contributed by atoms with van der Waals surface area (Å²) in [6.45, 7) is 4.15. The standard InChI is InChI=1S/C24H29BrClN7O3/c25-20-21(29-22(34)18-6-2-3-7-19(18)26)30-31-23(20)36-24(35)28-15-17(14-27)33-12-8-16(9-13-33)32-10-4-1-5-11-32/h2-3,6-7,16-17H,1,4-5,8-13,15H2,(H,28,35)(H2,29,30,31,34). The highest BCUT2D eigenvalue weighted by atomic mass is 79.9. The quantitative estimate of drug-likeness (QED) is 0.453. The van der Waals surface area contributed by atoms with Crippen LogP contribution in [-0.4, -0.2) is 76.8 Å². The molecule has 192 valence electrons. The van der Waals surface area contributed by atoms with E-state index in [9.17, 15) is 14.9 Å². The Hall–Kier alpha value is -2.65. The SMILES string of the molecule is N#CC(CNC(=O)Oc1n[nH]c(NC(=O)c2ccccc2Cl)c1Br)N1CCC(N2CCCCC2)CC1. The van der Waals surface area contributed by atoms with Gasteiger partial charge in [0.05, 0.1) is 16.7 Å². The van der Waals surface area contributed by atoms with Crippen LogP contribution in [0.15, 0.2) is 28.7 Å². The Kier molecular flexibility index (Phi) is 9.20. The number of hydrogen-bond donors (Lipinski definition) is 3. The number of benzene rings is 1. The van der Waals surface area contributed by atoms with E-state index in [1.165, 1.54) is 32.4 Å². The van der Waals surface area contributed by atoms with Crippen LogP contribution in [0.3, 0.4) is 0 Å². The van der Waals surface area contributed by atoms with Crippen LogP contribution in [0.2, 0.25) is 5.02 Å². The molecule has 2 aliphatic heterocycles. The molecule has 0 saturated carbocycles. The Labute approximate surface area is 223 Å². The fourth-order valence-electron chi connectivity index (χ4n) is 4.69. The maximum absolute atomic E-state index is 12.5. The number of anilines is 1. The van der Waals surface area contributed by atoms with E-state index in [4.69, 9.17) is 16.3 Å². The summed E-state index contributed by atoms with van der Waals surface area (Å²) in [5, 5.41) is 21.8. The van der Waals surface area contributed by atoms with Crippen LogP contribution >= 0.6 is 27.5 Å². The van der Waals surface area contributed by atoms with Crippen molar-refractivity contribution in [2.24, 2.45) is 0 Å². The van der Waals surface area contributed by atoms with Gasteiger partial charge in [-0.05, 0) is 66.8 Å². The summed E-state index contributed by atoms with van der Waals surface area (Å²) in [5.41, 5.74) is 0.295. The van der Waals surface area contributed by atoms with Gasteiger partial charge in [-0.2, -0.15) is 5.26 Å². The third-order valence-electron chi connectivity index (χ3n) is 6.66. The number of aromatic nitrogens is 2. The van der Waals surface area contributed by atoms with Crippen molar-refractivity contribution in [2.75, 3.05) is 38.0 Å². The third kappa shape index (κ3) is 6.56. The predicted molar refractivity (Wildman–Crippen MR) is 139 cm³/mol. The van der Waals surface area contributed by atoms with Gasteiger partial charge in [0.2, 0.25) is 0 Å². The van der Waals surface area contributed by atoms with Gasteiger partial charge in [0, 0.05) is 25.7 Å². The number of nitrogens with zero attached hydrogens (tertiary/aromatic N) is 4. The minimum Gasteiger partial charge on any atom is -0.388 e. The zero-order valence-electron chi connectivity index (χ0n) is 19.8. The van der Waals surface area contributed by atoms with Crippen molar-refractivity contribution < 1.29 is 14.3 Å². The molecule has 36 heavy (non-hydrogen) atoms. The van der Waals surface area contributed by atoms with Gasteiger partial charge in [0.1, 0.15) is 16.3 Å². The van der Waals surface area contributed by atoms with Crippen LogP contribution in [0.5, 0.6) is 5.88 Å². The number of H-pyrrole nitrogens is 1. The average Bonchev–Trinajstić information content (AvgIpc) is 3.23. The summed E-state index contributed by atoms with van der Waals surface area (Å²) in [6, 6.07) is 9.08. The zero-order valence-corrected chi connectivity index (χ0v) is 22.1. The number of carbonyl (C=O) groups is 2. The van der Waals surface area contributed by atoms with Crippen molar-refractivity contribution in [3.8, 4) is 11.9 Å². The van der Waals surface area contributed by atoms with Gasteiger partial charge in [0.25, 0.3) is 11.8 Å². The van der Waals surface area contributed by atoms with E-state index in [0.29, 0.717) is 16.6 Å². The lowest BCUT2D eigenvalue weighted by Gasteiger charge is -2.41. The number of halogens is 2. The summed E-state index contributed by atoms with van der Waals surface area (Å²) in [7, 11) is 0. The van der Waals surface area contributed by atoms with E-state index in [2.05, 4.69) is 52.6 Å². The van der Waals surface area contributed by atoms with Gasteiger partial charge in [-0.15, -0.1) is 5.10 Å². The average molecular weight is 579 g/mol. The minimum absolute atomic E-state index is 0.0437. The number of nitrogens with one attached hydrogen (secondary N) is 3. The molecule has 3 heterocycles. The molecule has 0 radical (unpaired) electrons. The summed E-state index contributed by atoms with van der Waals surface area (Å²) in [6.07, 6.45) is 5.19. The van der Waals surface area contributed by atoms with Crippen molar-refractivity contribution in [3.63, 3.8) is 0 Å². The maximum atomic E-state index is 12.5. The largest absolute Gasteiger partial charge is 0.414 e. The van der Waals surface area contributed by atoms with E-state index >= 15 is 0 Å². The maximum Gasteiger partial charge on any atom is 0.414 e. The van der Waals surface area contributed by atoms with Crippen molar-refractivity contribution in [1.82, 2.24) is 25.3 Å². The fourth-order valence-corrected chi connectivity index (χ4v) is 5.27. The zero-order chi connectivity index (χ0) is 25.5. The molecular formula is C24H29BrClN7O3. The minimum atomic E-state index is -0.741. The van der Waals surface area contributed by atoms with Crippen LogP contribution in [0, 0.1) is 11.3 Å². The van der Waals surface area contributed by atoms with Gasteiger partial charge < -0.3 is 20.3 Å². The molecular weight excluding hydrogens is 550 g/mol. The first-order valence-electron chi connectivity index (χ1n) is 12.1. The molecule has 0 spiro atoms. The lowest BCUT2D eigenvalue weighted by Crippen LogP contribution is -2.51.